The van der Waals surface area contributed by atoms with Crippen molar-refractivity contribution in [2.75, 3.05) is 19.6 Å². The summed E-state index contributed by atoms with van der Waals surface area (Å²) in [7, 11) is -3.46. The van der Waals surface area contributed by atoms with E-state index in [1.54, 1.807) is 16.4 Å². The first kappa shape index (κ1) is 21.4. The van der Waals surface area contributed by atoms with Crippen LogP contribution in [0.3, 0.4) is 0 Å². The third-order valence-electron chi connectivity index (χ3n) is 5.12. The second-order valence-corrected chi connectivity index (χ2v) is 8.86. The largest absolute Gasteiger partial charge is 0.370 e. The Labute approximate surface area is 173 Å². The minimum Gasteiger partial charge on any atom is -0.370 e. The van der Waals surface area contributed by atoms with Crippen LogP contribution in [0.2, 0.25) is 0 Å². The van der Waals surface area contributed by atoms with Gasteiger partial charge in [-0.2, -0.15) is 4.31 Å². The Kier molecular flexibility index (Phi) is 8.15. The summed E-state index contributed by atoms with van der Waals surface area (Å²) in [5.74, 6) is 1.08. The number of nitrogens with two attached hydrogens (primary N) is 1. The van der Waals surface area contributed by atoms with Gasteiger partial charge in [0.05, 0.1) is 11.4 Å². The van der Waals surface area contributed by atoms with Crippen molar-refractivity contribution in [3.05, 3.63) is 29.8 Å². The van der Waals surface area contributed by atoms with Crippen LogP contribution in [0.4, 0.5) is 0 Å². The molecule has 0 radical (unpaired) electrons. The van der Waals surface area contributed by atoms with Crippen LogP contribution in [-0.2, 0) is 16.6 Å². The number of guanidine groups is 1. The predicted molar refractivity (Wildman–Crippen MR) is 115 cm³/mol. The smallest absolute Gasteiger partial charge is 0.243 e. The third-order valence-corrected chi connectivity index (χ3v) is 7.12. The van der Waals surface area contributed by atoms with Crippen LogP contribution in [0.5, 0.6) is 0 Å². The zero-order valence-corrected chi connectivity index (χ0v) is 18.2. The Morgan fingerprint density at radius 3 is 2.50 bits per heavy atom. The fourth-order valence-electron chi connectivity index (χ4n) is 3.30. The highest BCUT2D eigenvalue weighted by Crippen LogP contribution is 2.25. The molecule has 8 heteroatoms. The monoisotopic (exact) mass is 492 g/mol. The third kappa shape index (κ3) is 5.32. The van der Waals surface area contributed by atoms with Gasteiger partial charge in [0.1, 0.15) is 0 Å². The average molecular weight is 492 g/mol. The number of rotatable bonds is 6. The Morgan fingerprint density at radius 2 is 1.85 bits per heavy atom. The lowest BCUT2D eigenvalue weighted by atomic mass is 9.85. The number of benzene rings is 1. The van der Waals surface area contributed by atoms with Gasteiger partial charge < -0.3 is 11.1 Å². The summed E-state index contributed by atoms with van der Waals surface area (Å²) in [4.78, 5) is 4.70. The van der Waals surface area contributed by atoms with Crippen LogP contribution in [-0.4, -0.2) is 38.3 Å². The maximum atomic E-state index is 12.9. The molecule has 0 spiro atoms. The first-order valence-corrected chi connectivity index (χ1v) is 10.6. The van der Waals surface area contributed by atoms with Crippen molar-refractivity contribution >= 4 is 40.0 Å². The Balaban J connectivity index is 0.00000243. The lowest BCUT2D eigenvalue weighted by Crippen LogP contribution is -2.37. The second-order valence-electron chi connectivity index (χ2n) is 6.95. The van der Waals surface area contributed by atoms with E-state index >= 15 is 0 Å². The summed E-state index contributed by atoms with van der Waals surface area (Å²) in [5.41, 5.74) is 6.63. The molecular formula is C18H29IN4O2S. The molecule has 1 aromatic rings. The zero-order valence-electron chi connectivity index (χ0n) is 15.1. The van der Waals surface area contributed by atoms with Crippen molar-refractivity contribution < 1.29 is 8.42 Å². The summed E-state index contributed by atoms with van der Waals surface area (Å²) < 4.78 is 27.5. The maximum absolute atomic E-state index is 12.9. The summed E-state index contributed by atoms with van der Waals surface area (Å²) >= 11 is 0. The molecule has 3 rings (SSSR count). The second kappa shape index (κ2) is 9.89. The molecular weight excluding hydrogens is 463 g/mol. The molecule has 2 fully saturated rings. The van der Waals surface area contributed by atoms with E-state index in [2.05, 4.69) is 10.3 Å². The molecule has 0 atom stereocenters. The van der Waals surface area contributed by atoms with Crippen LogP contribution in [0, 0.1) is 5.92 Å². The molecule has 0 unspecified atom stereocenters. The van der Waals surface area contributed by atoms with Crippen molar-refractivity contribution in [3.63, 3.8) is 0 Å². The minimum absolute atomic E-state index is 0. The van der Waals surface area contributed by atoms with Crippen molar-refractivity contribution in [2.24, 2.45) is 16.6 Å². The Hall–Kier alpha value is -0.870. The zero-order chi connectivity index (χ0) is 17.7. The molecule has 1 aromatic carbocycles. The standard InChI is InChI=1S/C18H28N4O2S.HI/c19-18(20-13-15-7-6-8-15)21-14-16-9-2-3-10-17(16)25(23,24)22-11-4-1-5-12-22;/h2-3,9-10,15H,1,4-8,11-14H2,(H3,19,20,21);1H. The van der Waals surface area contributed by atoms with Gasteiger partial charge in [-0.1, -0.05) is 31.0 Å². The van der Waals surface area contributed by atoms with Gasteiger partial charge in [-0.3, -0.25) is 0 Å². The normalized spacial score (nSPS) is 19.5. The summed E-state index contributed by atoms with van der Waals surface area (Å²) in [6.45, 7) is 2.33. The van der Waals surface area contributed by atoms with E-state index in [9.17, 15) is 8.42 Å². The van der Waals surface area contributed by atoms with Crippen molar-refractivity contribution in [1.29, 1.82) is 0 Å². The van der Waals surface area contributed by atoms with Crippen LogP contribution in [0.25, 0.3) is 0 Å². The molecule has 0 aromatic heterocycles. The van der Waals surface area contributed by atoms with Gasteiger partial charge in [0.25, 0.3) is 0 Å². The van der Waals surface area contributed by atoms with Gasteiger partial charge in [0.15, 0.2) is 5.96 Å². The minimum atomic E-state index is -3.46. The molecule has 1 aliphatic heterocycles. The van der Waals surface area contributed by atoms with Crippen LogP contribution >= 0.6 is 24.0 Å². The summed E-state index contributed by atoms with van der Waals surface area (Å²) in [6.07, 6.45) is 6.75. The van der Waals surface area contributed by atoms with E-state index < -0.39 is 10.0 Å². The molecule has 2 aliphatic rings. The van der Waals surface area contributed by atoms with Gasteiger partial charge in [0, 0.05) is 19.6 Å². The average Bonchev–Trinajstić information content (AvgIpc) is 2.59. The highest BCUT2D eigenvalue weighted by Gasteiger charge is 2.27. The molecule has 1 heterocycles. The molecule has 0 bridgehead atoms. The number of hydrogen-bond acceptors (Lipinski definition) is 3. The number of aliphatic imine (C=N–C) groups is 1. The van der Waals surface area contributed by atoms with Gasteiger partial charge in [0.2, 0.25) is 10.0 Å². The van der Waals surface area contributed by atoms with Gasteiger partial charge in [-0.15, -0.1) is 24.0 Å². The SMILES string of the molecule is I.NC(=NCc1ccccc1S(=O)(=O)N1CCCCC1)NCC1CCC1. The quantitative estimate of drug-likeness (QED) is 0.363. The molecule has 146 valence electrons. The number of sulfonamides is 1. The van der Waals surface area contributed by atoms with E-state index in [4.69, 9.17) is 5.73 Å². The highest BCUT2D eigenvalue weighted by molar-refractivity contribution is 14.0. The first-order chi connectivity index (χ1) is 12.1. The van der Waals surface area contributed by atoms with E-state index in [-0.39, 0.29) is 30.5 Å². The Bertz CT molecular complexity index is 714. The van der Waals surface area contributed by atoms with Crippen LogP contribution in [0.1, 0.15) is 44.1 Å². The van der Waals surface area contributed by atoms with E-state index in [0.717, 1.165) is 25.8 Å². The van der Waals surface area contributed by atoms with E-state index in [1.807, 2.05) is 12.1 Å². The lowest BCUT2D eigenvalue weighted by Gasteiger charge is -2.26. The molecule has 3 N–H and O–H groups in total. The molecule has 1 saturated heterocycles. The fourth-order valence-corrected chi connectivity index (χ4v) is 5.03. The lowest BCUT2D eigenvalue weighted by molar-refractivity contribution is 0.315. The topological polar surface area (TPSA) is 87.8 Å². The molecule has 6 nitrogen and oxygen atoms in total. The van der Waals surface area contributed by atoms with Crippen LogP contribution < -0.4 is 11.1 Å². The van der Waals surface area contributed by atoms with E-state index in [1.165, 1.54) is 19.3 Å². The van der Waals surface area contributed by atoms with E-state index in [0.29, 0.717) is 35.4 Å². The first-order valence-electron chi connectivity index (χ1n) is 9.19. The fraction of sp³-hybridized carbons (Fsp3) is 0.611. The van der Waals surface area contributed by atoms with Gasteiger partial charge >= 0.3 is 0 Å². The molecule has 1 saturated carbocycles. The number of halogens is 1. The van der Waals surface area contributed by atoms with Crippen molar-refractivity contribution in [3.8, 4) is 0 Å². The number of nitrogens with zero attached hydrogens (tertiary/aromatic N) is 2. The highest BCUT2D eigenvalue weighted by atomic mass is 127. The summed E-state index contributed by atoms with van der Waals surface area (Å²) in [5, 5.41) is 3.14. The predicted octanol–water partition coefficient (Wildman–Crippen LogP) is 2.68. The van der Waals surface area contributed by atoms with Crippen molar-refractivity contribution in [1.82, 2.24) is 9.62 Å². The van der Waals surface area contributed by atoms with Gasteiger partial charge in [-0.25, -0.2) is 13.4 Å². The number of hydrogen-bond donors (Lipinski definition) is 2. The maximum Gasteiger partial charge on any atom is 0.243 e. The Morgan fingerprint density at radius 1 is 1.15 bits per heavy atom. The van der Waals surface area contributed by atoms with Crippen LogP contribution in [0.15, 0.2) is 34.2 Å². The van der Waals surface area contributed by atoms with Crippen molar-refractivity contribution in [2.45, 2.75) is 50.0 Å². The number of piperidine rings is 1. The number of nitrogens with one attached hydrogen (secondary N) is 1. The molecule has 26 heavy (non-hydrogen) atoms. The van der Waals surface area contributed by atoms with Gasteiger partial charge in [-0.05, 0) is 43.2 Å². The summed E-state index contributed by atoms with van der Waals surface area (Å²) in [6, 6.07) is 7.10. The molecule has 1 aliphatic carbocycles. The molecule has 0 amide bonds.